The number of hydrogen-bond donors (Lipinski definition) is 0. The highest BCUT2D eigenvalue weighted by molar-refractivity contribution is 7.89. The van der Waals surface area contributed by atoms with E-state index in [0.29, 0.717) is 31.2 Å². The maximum Gasteiger partial charge on any atom is 0.243 e. The molecular weight excluding hydrogens is 444 g/mol. The van der Waals surface area contributed by atoms with E-state index in [-0.39, 0.29) is 0 Å². The van der Waals surface area contributed by atoms with E-state index in [4.69, 9.17) is 9.72 Å². The Balaban J connectivity index is 1.18. The van der Waals surface area contributed by atoms with Crippen molar-refractivity contribution in [1.29, 1.82) is 0 Å². The maximum atomic E-state index is 13.0. The van der Waals surface area contributed by atoms with Gasteiger partial charge in [-0.3, -0.25) is 9.80 Å². The number of ether oxygens (including phenoxy) is 1. The molecule has 170 valence electrons. The molecule has 2 aromatic carbocycles. The Labute approximate surface area is 193 Å². The van der Waals surface area contributed by atoms with Gasteiger partial charge in [-0.1, -0.05) is 24.3 Å². The summed E-state index contributed by atoms with van der Waals surface area (Å²) in [4.78, 5) is 9.99. The smallest absolute Gasteiger partial charge is 0.243 e. The molecule has 0 aliphatic carbocycles. The minimum absolute atomic E-state index is 0.381. The number of morpholine rings is 1. The van der Waals surface area contributed by atoms with Gasteiger partial charge in [-0.05, 0) is 29.8 Å². The minimum Gasteiger partial charge on any atom is -0.379 e. The summed E-state index contributed by atoms with van der Waals surface area (Å²) in [6.07, 6.45) is 0. The fraction of sp³-hybridized carbons (Fsp3) is 0.435. The Morgan fingerprint density at radius 2 is 1.59 bits per heavy atom. The van der Waals surface area contributed by atoms with E-state index in [2.05, 4.69) is 28.0 Å². The molecule has 2 aliphatic heterocycles. The summed E-state index contributed by atoms with van der Waals surface area (Å²) >= 11 is 1.77. The minimum atomic E-state index is -3.46. The van der Waals surface area contributed by atoms with E-state index in [1.54, 1.807) is 17.4 Å². The molecule has 3 heterocycles. The van der Waals surface area contributed by atoms with Crippen molar-refractivity contribution in [3.8, 4) is 0 Å². The molecular formula is C23H28N4O3S2. The van der Waals surface area contributed by atoms with E-state index in [1.807, 2.05) is 24.3 Å². The third kappa shape index (κ3) is 4.88. The van der Waals surface area contributed by atoms with E-state index in [1.165, 1.54) is 14.0 Å². The molecule has 0 amide bonds. The van der Waals surface area contributed by atoms with Crippen LogP contribution in [0.25, 0.3) is 10.2 Å². The van der Waals surface area contributed by atoms with Crippen molar-refractivity contribution in [3.05, 3.63) is 59.1 Å². The molecule has 1 aromatic heterocycles. The van der Waals surface area contributed by atoms with Gasteiger partial charge in [0.1, 0.15) is 5.01 Å². The predicted octanol–water partition coefficient (Wildman–Crippen LogP) is 2.64. The molecule has 7 nitrogen and oxygen atoms in total. The second-order valence-electron chi connectivity index (χ2n) is 8.29. The molecule has 0 bridgehead atoms. The lowest BCUT2D eigenvalue weighted by atomic mass is 10.2. The normalized spacial score (nSPS) is 19.5. The average Bonchev–Trinajstić information content (AvgIpc) is 3.23. The standard InChI is InChI=1S/C23H28N4O3S2/c28-32(29,27-12-14-30-15-13-27)20-5-3-4-19(16-20)17-25-8-10-26(11-9-25)18-23-24-21-6-1-2-7-22(21)31-23/h1-7,16H,8-15,17-18H2. The van der Waals surface area contributed by atoms with E-state index in [0.717, 1.165) is 50.3 Å². The SMILES string of the molecule is O=S(=O)(c1cccc(CN2CCN(Cc3nc4ccccc4s3)CC2)c1)N1CCOCC1. The van der Waals surface area contributed by atoms with Crippen LogP contribution in [0.1, 0.15) is 10.6 Å². The van der Waals surface area contributed by atoms with Crippen molar-refractivity contribution in [3.63, 3.8) is 0 Å². The number of thiazole rings is 1. The van der Waals surface area contributed by atoms with Crippen LogP contribution in [-0.4, -0.2) is 80.0 Å². The largest absolute Gasteiger partial charge is 0.379 e. The summed E-state index contributed by atoms with van der Waals surface area (Å²) in [6.45, 7) is 7.31. The molecule has 2 aliphatic rings. The number of sulfonamides is 1. The molecule has 0 saturated carbocycles. The Kier molecular flexibility index (Phi) is 6.54. The zero-order chi connectivity index (χ0) is 22.0. The molecule has 0 radical (unpaired) electrons. The summed E-state index contributed by atoms with van der Waals surface area (Å²) in [6, 6.07) is 15.7. The maximum absolute atomic E-state index is 13.0. The Bertz CT molecular complexity index is 1130. The summed E-state index contributed by atoms with van der Waals surface area (Å²) in [7, 11) is -3.46. The first-order valence-corrected chi connectivity index (χ1v) is 13.3. The van der Waals surface area contributed by atoms with Crippen molar-refractivity contribution in [2.24, 2.45) is 0 Å². The number of fused-ring (bicyclic) bond motifs is 1. The van der Waals surface area contributed by atoms with Gasteiger partial charge in [0.25, 0.3) is 0 Å². The molecule has 0 spiro atoms. The number of hydrogen-bond acceptors (Lipinski definition) is 7. The van der Waals surface area contributed by atoms with Crippen LogP contribution in [0, 0.1) is 0 Å². The number of rotatable bonds is 6. The van der Waals surface area contributed by atoms with Crippen LogP contribution >= 0.6 is 11.3 Å². The summed E-state index contributed by atoms with van der Waals surface area (Å²) in [5.41, 5.74) is 2.12. The number of aromatic nitrogens is 1. The van der Waals surface area contributed by atoms with Crippen molar-refractivity contribution in [2.75, 3.05) is 52.5 Å². The van der Waals surface area contributed by atoms with Gasteiger partial charge in [0.15, 0.2) is 0 Å². The van der Waals surface area contributed by atoms with Crippen LogP contribution in [0.4, 0.5) is 0 Å². The molecule has 0 atom stereocenters. The Morgan fingerprint density at radius 3 is 2.34 bits per heavy atom. The Hall–Kier alpha value is -1.88. The van der Waals surface area contributed by atoms with Gasteiger partial charge in [-0.2, -0.15) is 4.31 Å². The van der Waals surface area contributed by atoms with Crippen molar-refractivity contribution >= 4 is 31.6 Å². The van der Waals surface area contributed by atoms with Crippen molar-refractivity contribution < 1.29 is 13.2 Å². The monoisotopic (exact) mass is 472 g/mol. The highest BCUT2D eigenvalue weighted by Gasteiger charge is 2.26. The number of nitrogens with zero attached hydrogens (tertiary/aromatic N) is 4. The molecule has 32 heavy (non-hydrogen) atoms. The first kappa shape index (κ1) is 21.9. The predicted molar refractivity (Wildman–Crippen MR) is 126 cm³/mol. The fourth-order valence-corrected chi connectivity index (χ4v) is 6.77. The zero-order valence-corrected chi connectivity index (χ0v) is 19.7. The summed E-state index contributed by atoms with van der Waals surface area (Å²) < 4.78 is 34.0. The van der Waals surface area contributed by atoms with Gasteiger partial charge in [-0.25, -0.2) is 13.4 Å². The lowest BCUT2D eigenvalue weighted by molar-refractivity contribution is 0.0730. The average molecular weight is 473 g/mol. The molecule has 3 aromatic rings. The lowest BCUT2D eigenvalue weighted by Crippen LogP contribution is -2.45. The van der Waals surface area contributed by atoms with Crippen LogP contribution in [-0.2, 0) is 27.8 Å². The number of benzene rings is 2. The van der Waals surface area contributed by atoms with Gasteiger partial charge in [0.05, 0.1) is 34.9 Å². The highest BCUT2D eigenvalue weighted by atomic mass is 32.2. The molecule has 2 saturated heterocycles. The third-order valence-corrected chi connectivity index (χ3v) is 8.99. The molecule has 0 N–H and O–H groups in total. The van der Waals surface area contributed by atoms with Gasteiger partial charge in [0, 0.05) is 45.8 Å². The molecule has 2 fully saturated rings. The lowest BCUT2D eigenvalue weighted by Gasteiger charge is -2.34. The van der Waals surface area contributed by atoms with Gasteiger partial charge in [0.2, 0.25) is 10.0 Å². The number of para-hydroxylation sites is 1. The topological polar surface area (TPSA) is 66.0 Å². The first-order valence-electron chi connectivity index (χ1n) is 11.0. The van der Waals surface area contributed by atoms with Gasteiger partial charge in [-0.15, -0.1) is 11.3 Å². The van der Waals surface area contributed by atoms with Crippen LogP contribution < -0.4 is 0 Å². The number of piperazine rings is 1. The first-order chi connectivity index (χ1) is 15.6. The van der Waals surface area contributed by atoms with E-state index in [9.17, 15) is 8.42 Å². The third-order valence-electron chi connectivity index (χ3n) is 6.07. The van der Waals surface area contributed by atoms with Crippen LogP contribution in [0.3, 0.4) is 0 Å². The zero-order valence-electron chi connectivity index (χ0n) is 18.0. The van der Waals surface area contributed by atoms with Crippen LogP contribution in [0.15, 0.2) is 53.4 Å². The molecule has 0 unspecified atom stereocenters. The van der Waals surface area contributed by atoms with E-state index < -0.39 is 10.0 Å². The van der Waals surface area contributed by atoms with Gasteiger partial charge >= 0.3 is 0 Å². The van der Waals surface area contributed by atoms with Crippen LogP contribution in [0.2, 0.25) is 0 Å². The molecule has 5 rings (SSSR count). The second-order valence-corrected chi connectivity index (χ2v) is 11.3. The highest BCUT2D eigenvalue weighted by Crippen LogP contribution is 2.23. The van der Waals surface area contributed by atoms with Crippen molar-refractivity contribution in [1.82, 2.24) is 19.1 Å². The Morgan fingerprint density at radius 1 is 0.875 bits per heavy atom. The quantitative estimate of drug-likeness (QED) is 0.550. The summed E-state index contributed by atoms with van der Waals surface area (Å²) in [5, 5.41) is 1.17. The second kappa shape index (κ2) is 9.54. The fourth-order valence-electron chi connectivity index (χ4n) is 4.28. The van der Waals surface area contributed by atoms with Crippen molar-refractivity contribution in [2.45, 2.75) is 18.0 Å². The molecule has 9 heteroatoms. The van der Waals surface area contributed by atoms with E-state index >= 15 is 0 Å². The van der Waals surface area contributed by atoms with Gasteiger partial charge < -0.3 is 4.74 Å². The van der Waals surface area contributed by atoms with Crippen LogP contribution in [0.5, 0.6) is 0 Å². The summed E-state index contributed by atoms with van der Waals surface area (Å²) in [5.74, 6) is 0.